The van der Waals surface area contributed by atoms with Crippen molar-refractivity contribution in [3.05, 3.63) is 34.9 Å². The van der Waals surface area contributed by atoms with Crippen LogP contribution in [0.3, 0.4) is 0 Å². The summed E-state index contributed by atoms with van der Waals surface area (Å²) in [6, 6.07) is 6.94. The van der Waals surface area contributed by atoms with Gasteiger partial charge in [-0.1, -0.05) is 12.1 Å². The number of carboxylic acids is 1. The van der Waals surface area contributed by atoms with Gasteiger partial charge in [-0.25, -0.2) is 0 Å². The second-order valence-electron chi connectivity index (χ2n) is 6.15. The van der Waals surface area contributed by atoms with Gasteiger partial charge in [-0.15, -0.1) is 0 Å². The van der Waals surface area contributed by atoms with Crippen molar-refractivity contribution < 1.29 is 19.6 Å². The van der Waals surface area contributed by atoms with E-state index < -0.39 is 12.4 Å². The molecule has 1 atom stereocenters. The second-order valence-corrected chi connectivity index (χ2v) is 6.15. The largest absolute Gasteiger partial charge is 0.550 e. The minimum absolute atomic E-state index is 0.335. The molecule has 0 bridgehead atoms. The van der Waals surface area contributed by atoms with Gasteiger partial charge in [-0.2, -0.15) is 0 Å². The predicted octanol–water partition coefficient (Wildman–Crippen LogP) is -0.768. The molecule has 1 aromatic rings. The number of aryl methyl sites for hydroxylation is 2. The van der Waals surface area contributed by atoms with E-state index in [4.69, 9.17) is 0 Å². The lowest BCUT2D eigenvalue weighted by atomic mass is 10.0. The van der Waals surface area contributed by atoms with Crippen LogP contribution in [0, 0.1) is 13.8 Å². The predicted molar refractivity (Wildman–Crippen MR) is 81.2 cm³/mol. The molecule has 1 amide bonds. The number of nitrogens with one attached hydrogen (secondary N) is 1. The molecule has 1 heterocycles. The van der Waals surface area contributed by atoms with Crippen LogP contribution in [0.25, 0.3) is 0 Å². The molecule has 1 aliphatic rings. The quantitative estimate of drug-likeness (QED) is 0.743. The Kier molecular flexibility index (Phi) is 5.19. The van der Waals surface area contributed by atoms with Crippen molar-refractivity contribution in [2.24, 2.45) is 0 Å². The van der Waals surface area contributed by atoms with Crippen molar-refractivity contribution in [3.8, 4) is 0 Å². The molecule has 2 rings (SSSR count). The van der Waals surface area contributed by atoms with E-state index in [2.05, 4.69) is 39.0 Å². The van der Waals surface area contributed by atoms with Gasteiger partial charge in [-0.05, 0) is 38.0 Å². The molecule has 0 saturated carbocycles. The molecule has 1 saturated heterocycles. The monoisotopic (exact) mass is 304 g/mol. The number of amides is 1. The van der Waals surface area contributed by atoms with E-state index in [9.17, 15) is 14.7 Å². The maximum Gasteiger partial charge on any atom is 0.228 e. The number of nitrogens with zero attached hydrogens (tertiary/aromatic N) is 1. The lowest BCUT2D eigenvalue weighted by molar-refractivity contribution is -0.933. The third-order valence-electron chi connectivity index (χ3n) is 4.70. The first-order valence-electron chi connectivity index (χ1n) is 7.78. The van der Waals surface area contributed by atoms with Crippen LogP contribution < -0.4 is 10.0 Å². The fourth-order valence-corrected chi connectivity index (χ4v) is 2.98. The third-order valence-corrected chi connectivity index (χ3v) is 4.70. The zero-order valence-electron chi connectivity index (χ0n) is 13.5. The number of quaternary nitrogens is 1. The maximum absolute atomic E-state index is 11.7. The van der Waals surface area contributed by atoms with Crippen molar-refractivity contribution in [2.45, 2.75) is 33.2 Å². The highest BCUT2D eigenvalue weighted by atomic mass is 16.4. The Morgan fingerprint density at radius 3 is 2.41 bits per heavy atom. The summed E-state index contributed by atoms with van der Waals surface area (Å²) in [5.41, 5.74) is 3.91. The molecule has 5 nitrogen and oxygen atoms in total. The fraction of sp³-hybridized carbons (Fsp3) is 0.529. The Labute approximate surface area is 131 Å². The average molecular weight is 304 g/mol. The minimum Gasteiger partial charge on any atom is -0.550 e. The molecule has 0 spiro atoms. The fourth-order valence-electron chi connectivity index (χ4n) is 2.98. The van der Waals surface area contributed by atoms with Crippen LogP contribution >= 0.6 is 0 Å². The summed E-state index contributed by atoms with van der Waals surface area (Å²) in [5.74, 6) is -1.64. The molecule has 0 aromatic heterocycles. The Morgan fingerprint density at radius 2 is 1.86 bits per heavy atom. The van der Waals surface area contributed by atoms with Gasteiger partial charge in [0.05, 0.1) is 38.6 Å². The average Bonchev–Trinajstić information content (AvgIpc) is 2.49. The van der Waals surface area contributed by atoms with Crippen LogP contribution in [0.15, 0.2) is 18.2 Å². The number of benzene rings is 1. The molecular weight excluding hydrogens is 280 g/mol. The topological polar surface area (TPSA) is 64.9 Å². The Bertz CT molecular complexity index is 563. The number of hydrogen-bond acceptors (Lipinski definition) is 3. The summed E-state index contributed by atoms with van der Waals surface area (Å²) in [4.78, 5) is 25.3. The van der Waals surface area contributed by atoms with Crippen LogP contribution in [0.4, 0.5) is 0 Å². The molecule has 22 heavy (non-hydrogen) atoms. The van der Waals surface area contributed by atoms with E-state index >= 15 is 0 Å². The van der Waals surface area contributed by atoms with Crippen molar-refractivity contribution in [2.75, 3.05) is 26.2 Å². The van der Waals surface area contributed by atoms with Crippen molar-refractivity contribution in [1.82, 2.24) is 4.90 Å². The lowest BCUT2D eigenvalue weighted by Crippen LogP contribution is -3.14. The molecule has 120 valence electrons. The first-order chi connectivity index (χ1) is 10.4. The molecule has 1 aliphatic heterocycles. The highest BCUT2D eigenvalue weighted by Crippen LogP contribution is 2.15. The molecule has 0 radical (unpaired) electrons. The van der Waals surface area contributed by atoms with Gasteiger partial charge in [-0.3, -0.25) is 4.79 Å². The van der Waals surface area contributed by atoms with E-state index in [1.165, 1.54) is 21.6 Å². The van der Waals surface area contributed by atoms with Crippen LogP contribution in [0.2, 0.25) is 0 Å². The molecule has 1 aromatic carbocycles. The summed E-state index contributed by atoms with van der Waals surface area (Å²) in [6.07, 6.45) is -0.512. The summed E-state index contributed by atoms with van der Waals surface area (Å²) < 4.78 is 0. The zero-order chi connectivity index (χ0) is 16.3. The van der Waals surface area contributed by atoms with E-state index in [1.54, 1.807) is 4.90 Å². The van der Waals surface area contributed by atoms with Gasteiger partial charge in [0.15, 0.2) is 0 Å². The highest BCUT2D eigenvalue weighted by molar-refractivity contribution is 5.92. The Morgan fingerprint density at radius 1 is 1.23 bits per heavy atom. The number of carboxylic acid groups (broad SMARTS) is 1. The van der Waals surface area contributed by atoms with Crippen LogP contribution in [0.5, 0.6) is 0 Å². The molecule has 5 heteroatoms. The number of rotatable bonds is 4. The smallest absolute Gasteiger partial charge is 0.228 e. The van der Waals surface area contributed by atoms with Crippen molar-refractivity contribution in [3.63, 3.8) is 0 Å². The molecule has 1 fully saturated rings. The molecular formula is C17H24N2O3. The van der Waals surface area contributed by atoms with E-state index in [0.717, 1.165) is 13.1 Å². The molecule has 0 unspecified atom stereocenters. The minimum atomic E-state index is -1.30. The SMILES string of the molecule is Cc1ccc([C@H](C)[NH+]2CCN(C(=O)CC(=O)[O-])CC2)cc1C. The summed E-state index contributed by atoms with van der Waals surface area (Å²) in [6.45, 7) is 9.33. The van der Waals surface area contributed by atoms with Gasteiger partial charge in [0.2, 0.25) is 5.91 Å². The Balaban J connectivity index is 1.94. The molecule has 0 aliphatic carbocycles. The van der Waals surface area contributed by atoms with Gasteiger partial charge in [0.1, 0.15) is 6.04 Å². The number of carbonyl (C=O) groups excluding carboxylic acids is 2. The van der Waals surface area contributed by atoms with E-state index in [1.807, 2.05) is 0 Å². The maximum atomic E-state index is 11.7. The Hall–Kier alpha value is -1.88. The van der Waals surface area contributed by atoms with Crippen LogP contribution in [0.1, 0.15) is 36.1 Å². The van der Waals surface area contributed by atoms with E-state index in [-0.39, 0.29) is 5.91 Å². The number of piperazine rings is 1. The van der Waals surface area contributed by atoms with Crippen molar-refractivity contribution in [1.29, 1.82) is 0 Å². The normalized spacial score (nSPS) is 17.3. The van der Waals surface area contributed by atoms with Gasteiger partial charge < -0.3 is 19.7 Å². The van der Waals surface area contributed by atoms with Crippen LogP contribution in [-0.2, 0) is 9.59 Å². The second kappa shape index (κ2) is 6.92. The third kappa shape index (κ3) is 3.85. The first-order valence-corrected chi connectivity index (χ1v) is 7.78. The summed E-state index contributed by atoms with van der Waals surface area (Å²) in [7, 11) is 0. The number of hydrogen-bond donors (Lipinski definition) is 1. The standard InChI is InChI=1S/C17H24N2O3/c1-12-4-5-15(10-13(12)2)14(3)18-6-8-19(9-7-18)16(20)11-17(21)22/h4-5,10,14H,6-9,11H2,1-3H3,(H,21,22)/t14-/m0/s1. The van der Waals surface area contributed by atoms with Crippen LogP contribution in [-0.4, -0.2) is 43.0 Å². The number of carbonyl (C=O) groups is 2. The van der Waals surface area contributed by atoms with Gasteiger partial charge in [0.25, 0.3) is 0 Å². The van der Waals surface area contributed by atoms with Gasteiger partial charge in [0, 0.05) is 5.56 Å². The summed E-state index contributed by atoms with van der Waals surface area (Å²) in [5, 5.41) is 10.5. The molecule has 1 N–H and O–H groups in total. The highest BCUT2D eigenvalue weighted by Gasteiger charge is 2.27. The van der Waals surface area contributed by atoms with E-state index in [0.29, 0.717) is 19.1 Å². The lowest BCUT2D eigenvalue weighted by Gasteiger charge is -2.35. The number of aliphatic carboxylic acids is 1. The first kappa shape index (κ1) is 16.5. The zero-order valence-corrected chi connectivity index (χ0v) is 13.5. The van der Waals surface area contributed by atoms with Crippen molar-refractivity contribution >= 4 is 11.9 Å². The summed E-state index contributed by atoms with van der Waals surface area (Å²) >= 11 is 0. The van der Waals surface area contributed by atoms with Gasteiger partial charge >= 0.3 is 0 Å².